The van der Waals surface area contributed by atoms with E-state index in [1.54, 1.807) is 46.8 Å². The lowest BCUT2D eigenvalue weighted by molar-refractivity contribution is -0.143. The van der Waals surface area contributed by atoms with Gasteiger partial charge >= 0.3 is 18.2 Å². The molecular weight excluding hydrogens is 442 g/mol. The number of rotatable bonds is 12. The maximum Gasteiger partial charge on any atom is 0.408 e. The SMILES string of the molecule is CC(C)[C@H](NC(=O)[C@H](CCCCNC(=O)OC(C)(C)C)NC(=O)OCc1ccccc1)C(=O)O. The third-order valence-electron chi connectivity index (χ3n) is 4.64. The topological polar surface area (TPSA) is 143 Å². The van der Waals surface area contributed by atoms with E-state index in [1.165, 1.54) is 0 Å². The summed E-state index contributed by atoms with van der Waals surface area (Å²) in [4.78, 5) is 48.2. The van der Waals surface area contributed by atoms with Crippen LogP contribution in [0.2, 0.25) is 0 Å². The molecule has 0 saturated heterocycles. The molecule has 0 radical (unpaired) electrons. The predicted molar refractivity (Wildman–Crippen MR) is 126 cm³/mol. The van der Waals surface area contributed by atoms with Gasteiger partial charge in [0.15, 0.2) is 0 Å². The minimum Gasteiger partial charge on any atom is -0.480 e. The summed E-state index contributed by atoms with van der Waals surface area (Å²) in [5.74, 6) is -2.11. The number of carboxylic acid groups (broad SMARTS) is 1. The number of alkyl carbamates (subject to hydrolysis) is 2. The number of hydrogen-bond acceptors (Lipinski definition) is 6. The summed E-state index contributed by atoms with van der Waals surface area (Å²) in [6, 6.07) is 6.99. The van der Waals surface area contributed by atoms with Crippen LogP contribution in [-0.2, 0) is 25.7 Å². The Balaban J connectivity index is 2.65. The predicted octanol–water partition coefficient (Wildman–Crippen LogP) is 3.20. The highest BCUT2D eigenvalue weighted by Gasteiger charge is 2.28. The molecule has 0 aliphatic carbocycles. The molecule has 0 unspecified atom stereocenters. The standard InChI is InChI=1S/C24H37N3O7/c1-16(2)19(21(29)30)27-20(28)18(13-9-10-14-25-22(31)34-24(3,4)5)26-23(32)33-15-17-11-7-6-8-12-17/h6-8,11-12,16,18-19H,9-10,13-15H2,1-5H3,(H,25,31)(H,26,32)(H,27,28)(H,29,30)/t18-,19-/m0/s1. The minimum absolute atomic E-state index is 0.0323. The van der Waals surface area contributed by atoms with Gasteiger partial charge in [0.05, 0.1) is 0 Å². The van der Waals surface area contributed by atoms with E-state index in [4.69, 9.17) is 9.47 Å². The van der Waals surface area contributed by atoms with E-state index in [1.807, 2.05) is 18.2 Å². The fourth-order valence-electron chi connectivity index (χ4n) is 2.92. The molecule has 10 heteroatoms. The molecule has 0 aliphatic rings. The lowest BCUT2D eigenvalue weighted by atomic mass is 10.0. The first-order valence-electron chi connectivity index (χ1n) is 11.4. The number of ether oxygens (including phenoxy) is 2. The number of unbranched alkanes of at least 4 members (excludes halogenated alkanes) is 1. The van der Waals surface area contributed by atoms with Gasteiger partial charge in [-0.3, -0.25) is 4.79 Å². The van der Waals surface area contributed by atoms with Gasteiger partial charge in [-0.25, -0.2) is 14.4 Å². The molecule has 1 aromatic rings. The molecule has 0 bridgehead atoms. The second-order valence-electron chi connectivity index (χ2n) is 9.25. The summed E-state index contributed by atoms with van der Waals surface area (Å²) < 4.78 is 10.4. The van der Waals surface area contributed by atoms with Gasteiger partial charge in [-0.2, -0.15) is 0 Å². The number of nitrogens with one attached hydrogen (secondary N) is 3. The maximum atomic E-state index is 12.8. The van der Waals surface area contributed by atoms with Gasteiger partial charge in [0.2, 0.25) is 5.91 Å². The van der Waals surface area contributed by atoms with Crippen molar-refractivity contribution in [3.8, 4) is 0 Å². The van der Waals surface area contributed by atoms with Crippen LogP contribution in [0.25, 0.3) is 0 Å². The summed E-state index contributed by atoms with van der Waals surface area (Å²) in [6.07, 6.45) is -0.0899. The van der Waals surface area contributed by atoms with E-state index in [-0.39, 0.29) is 18.9 Å². The zero-order valence-electron chi connectivity index (χ0n) is 20.6. The van der Waals surface area contributed by atoms with E-state index in [9.17, 15) is 24.3 Å². The second kappa shape index (κ2) is 14.1. The van der Waals surface area contributed by atoms with Crippen molar-refractivity contribution < 1.29 is 33.8 Å². The van der Waals surface area contributed by atoms with Crippen molar-refractivity contribution in [3.63, 3.8) is 0 Å². The molecule has 3 amide bonds. The van der Waals surface area contributed by atoms with Crippen molar-refractivity contribution in [2.75, 3.05) is 6.54 Å². The Morgan fingerprint density at radius 1 is 0.971 bits per heavy atom. The van der Waals surface area contributed by atoms with Crippen LogP contribution in [0.15, 0.2) is 30.3 Å². The lowest BCUT2D eigenvalue weighted by Crippen LogP contribution is -2.53. The van der Waals surface area contributed by atoms with Gasteiger partial charge < -0.3 is 30.5 Å². The summed E-state index contributed by atoms with van der Waals surface area (Å²) >= 11 is 0. The average Bonchev–Trinajstić information content (AvgIpc) is 2.73. The molecule has 10 nitrogen and oxygen atoms in total. The Morgan fingerprint density at radius 3 is 2.18 bits per heavy atom. The summed E-state index contributed by atoms with van der Waals surface area (Å²) in [7, 11) is 0. The van der Waals surface area contributed by atoms with Gasteiger partial charge in [-0.05, 0) is 51.5 Å². The fraction of sp³-hybridized carbons (Fsp3) is 0.583. The zero-order chi connectivity index (χ0) is 25.7. The summed E-state index contributed by atoms with van der Waals surface area (Å²) in [5.41, 5.74) is 0.187. The molecule has 4 N–H and O–H groups in total. The molecule has 0 saturated carbocycles. The number of benzene rings is 1. The third-order valence-corrected chi connectivity index (χ3v) is 4.64. The van der Waals surface area contributed by atoms with Crippen LogP contribution in [-0.4, -0.2) is 53.4 Å². The van der Waals surface area contributed by atoms with Crippen LogP contribution in [0.3, 0.4) is 0 Å². The Labute approximate surface area is 200 Å². The molecule has 1 rings (SSSR count). The lowest BCUT2D eigenvalue weighted by Gasteiger charge is -2.23. The third kappa shape index (κ3) is 12.1. The van der Waals surface area contributed by atoms with Crippen molar-refractivity contribution in [2.24, 2.45) is 5.92 Å². The Kier molecular flexibility index (Phi) is 11.9. The molecule has 34 heavy (non-hydrogen) atoms. The molecule has 0 aliphatic heterocycles. The highest BCUT2D eigenvalue weighted by molar-refractivity contribution is 5.89. The second-order valence-corrected chi connectivity index (χ2v) is 9.25. The number of amides is 3. The van der Waals surface area contributed by atoms with Crippen molar-refractivity contribution in [1.82, 2.24) is 16.0 Å². The minimum atomic E-state index is -1.16. The molecule has 0 heterocycles. The van der Waals surface area contributed by atoms with Crippen molar-refractivity contribution in [3.05, 3.63) is 35.9 Å². The molecule has 0 spiro atoms. The van der Waals surface area contributed by atoms with E-state index in [0.29, 0.717) is 19.4 Å². The largest absolute Gasteiger partial charge is 0.480 e. The van der Waals surface area contributed by atoms with E-state index >= 15 is 0 Å². The van der Waals surface area contributed by atoms with Crippen LogP contribution in [0.5, 0.6) is 0 Å². The first-order valence-corrected chi connectivity index (χ1v) is 11.4. The molecule has 0 fully saturated rings. The van der Waals surface area contributed by atoms with Gasteiger partial charge in [-0.1, -0.05) is 44.2 Å². The Morgan fingerprint density at radius 2 is 1.62 bits per heavy atom. The van der Waals surface area contributed by atoms with Crippen LogP contribution in [0, 0.1) is 5.92 Å². The number of carboxylic acids is 1. The number of hydrogen-bond donors (Lipinski definition) is 4. The first-order chi connectivity index (χ1) is 15.9. The monoisotopic (exact) mass is 479 g/mol. The Bertz CT molecular complexity index is 807. The van der Waals surface area contributed by atoms with Crippen molar-refractivity contribution >= 4 is 24.1 Å². The highest BCUT2D eigenvalue weighted by Crippen LogP contribution is 2.09. The van der Waals surface area contributed by atoms with E-state index in [2.05, 4.69) is 16.0 Å². The van der Waals surface area contributed by atoms with Crippen LogP contribution < -0.4 is 16.0 Å². The number of aliphatic carboxylic acids is 1. The summed E-state index contributed by atoms with van der Waals surface area (Å²) in [5, 5.41) is 17.0. The molecule has 0 aromatic heterocycles. The molecular formula is C24H37N3O7. The van der Waals surface area contributed by atoms with Gasteiger partial charge in [-0.15, -0.1) is 0 Å². The van der Waals surface area contributed by atoms with Crippen molar-refractivity contribution in [2.45, 2.75) is 78.2 Å². The van der Waals surface area contributed by atoms with Gasteiger partial charge in [0.25, 0.3) is 0 Å². The summed E-state index contributed by atoms with van der Waals surface area (Å²) in [6.45, 7) is 9.01. The molecule has 1 aromatic carbocycles. The first kappa shape index (κ1) is 28.7. The number of carbonyl (C=O) groups is 4. The number of carbonyl (C=O) groups excluding carboxylic acids is 3. The maximum absolute atomic E-state index is 12.8. The molecule has 2 atom stereocenters. The van der Waals surface area contributed by atoms with Crippen molar-refractivity contribution in [1.29, 1.82) is 0 Å². The smallest absolute Gasteiger partial charge is 0.408 e. The molecule has 190 valence electrons. The van der Waals surface area contributed by atoms with Crippen LogP contribution in [0.4, 0.5) is 9.59 Å². The zero-order valence-corrected chi connectivity index (χ0v) is 20.6. The Hall–Kier alpha value is -3.30. The van der Waals surface area contributed by atoms with Crippen LogP contribution >= 0.6 is 0 Å². The normalized spacial score (nSPS) is 12.9. The highest BCUT2D eigenvalue weighted by atomic mass is 16.6. The average molecular weight is 480 g/mol. The van der Waals surface area contributed by atoms with E-state index in [0.717, 1.165) is 5.56 Å². The van der Waals surface area contributed by atoms with Crippen LogP contribution in [0.1, 0.15) is 59.4 Å². The fourth-order valence-corrected chi connectivity index (χ4v) is 2.92. The van der Waals surface area contributed by atoms with E-state index < -0.39 is 41.7 Å². The quantitative estimate of drug-likeness (QED) is 0.337. The van der Waals surface area contributed by atoms with Gasteiger partial charge in [0, 0.05) is 6.54 Å². The van der Waals surface area contributed by atoms with Gasteiger partial charge in [0.1, 0.15) is 24.3 Å².